The summed E-state index contributed by atoms with van der Waals surface area (Å²) in [5, 5.41) is 23.3. The van der Waals surface area contributed by atoms with E-state index < -0.39 is 18.1 Å². The Kier molecular flexibility index (Phi) is 5.04. The number of rotatable bonds is 4. The van der Waals surface area contributed by atoms with Crippen molar-refractivity contribution in [2.24, 2.45) is 0 Å². The largest absolute Gasteiger partial charge is 0.480 e. The van der Waals surface area contributed by atoms with Crippen molar-refractivity contribution in [3.05, 3.63) is 0 Å². The molecule has 6 nitrogen and oxygen atoms in total. The smallest absolute Gasteiger partial charge is 0.328 e. The standard InChI is InChI=1S/C9H16N2O4S/c1-5(12)7(9(14)15)11-8(13)6-4-16-3-2-10-6/h5-7,10,12H,2-4H2,1H3,(H,11,13)(H,14,15). The van der Waals surface area contributed by atoms with E-state index in [9.17, 15) is 14.7 Å². The van der Waals surface area contributed by atoms with Gasteiger partial charge < -0.3 is 20.8 Å². The molecule has 3 atom stereocenters. The van der Waals surface area contributed by atoms with Gasteiger partial charge in [-0.2, -0.15) is 11.8 Å². The van der Waals surface area contributed by atoms with Gasteiger partial charge in [0.25, 0.3) is 0 Å². The lowest BCUT2D eigenvalue weighted by Crippen LogP contribution is -2.55. The van der Waals surface area contributed by atoms with Gasteiger partial charge >= 0.3 is 5.97 Å². The Bertz CT molecular complexity index is 266. The maximum absolute atomic E-state index is 11.7. The highest BCUT2D eigenvalue weighted by atomic mass is 32.2. The molecule has 0 aromatic carbocycles. The topological polar surface area (TPSA) is 98.7 Å². The van der Waals surface area contributed by atoms with E-state index in [2.05, 4.69) is 10.6 Å². The molecule has 4 N–H and O–H groups in total. The van der Waals surface area contributed by atoms with Crippen LogP contribution in [0.3, 0.4) is 0 Å². The minimum atomic E-state index is -1.25. The van der Waals surface area contributed by atoms with Crippen LogP contribution in [0, 0.1) is 0 Å². The van der Waals surface area contributed by atoms with E-state index in [1.54, 1.807) is 11.8 Å². The average molecular weight is 248 g/mol. The molecule has 3 unspecified atom stereocenters. The van der Waals surface area contributed by atoms with Crippen molar-refractivity contribution in [1.29, 1.82) is 0 Å². The third-order valence-corrected chi connectivity index (χ3v) is 3.35. The maximum Gasteiger partial charge on any atom is 0.328 e. The van der Waals surface area contributed by atoms with Crippen LogP contribution in [0.15, 0.2) is 0 Å². The van der Waals surface area contributed by atoms with Crippen LogP contribution in [0.25, 0.3) is 0 Å². The Morgan fingerprint density at radius 1 is 1.56 bits per heavy atom. The number of hydrogen-bond donors (Lipinski definition) is 4. The monoisotopic (exact) mass is 248 g/mol. The first-order valence-electron chi connectivity index (χ1n) is 5.04. The van der Waals surface area contributed by atoms with Crippen LogP contribution >= 0.6 is 11.8 Å². The summed E-state index contributed by atoms with van der Waals surface area (Å²) < 4.78 is 0. The van der Waals surface area contributed by atoms with Gasteiger partial charge in [0.05, 0.1) is 12.1 Å². The quantitative estimate of drug-likeness (QED) is 0.490. The van der Waals surface area contributed by atoms with Gasteiger partial charge in [0.2, 0.25) is 5.91 Å². The van der Waals surface area contributed by atoms with Gasteiger partial charge in [0, 0.05) is 18.1 Å². The lowest BCUT2D eigenvalue weighted by atomic mass is 10.1. The Morgan fingerprint density at radius 2 is 2.25 bits per heavy atom. The second-order valence-electron chi connectivity index (χ2n) is 3.65. The summed E-state index contributed by atoms with van der Waals surface area (Å²) in [7, 11) is 0. The molecule has 1 heterocycles. The van der Waals surface area contributed by atoms with E-state index in [1.807, 2.05) is 0 Å². The number of aliphatic carboxylic acids is 1. The van der Waals surface area contributed by atoms with Crippen LogP contribution in [-0.2, 0) is 9.59 Å². The van der Waals surface area contributed by atoms with Gasteiger partial charge in [-0.25, -0.2) is 4.79 Å². The fourth-order valence-electron chi connectivity index (χ4n) is 1.38. The van der Waals surface area contributed by atoms with Gasteiger partial charge in [-0.1, -0.05) is 0 Å². The summed E-state index contributed by atoms with van der Waals surface area (Å²) in [5.74, 6) is -0.0344. The third kappa shape index (κ3) is 3.66. The molecule has 1 aliphatic heterocycles. The van der Waals surface area contributed by atoms with Crippen LogP contribution in [-0.4, -0.2) is 58.3 Å². The number of thioether (sulfide) groups is 1. The van der Waals surface area contributed by atoms with Crippen LogP contribution in [0.4, 0.5) is 0 Å². The van der Waals surface area contributed by atoms with Crippen LogP contribution in [0.5, 0.6) is 0 Å². The Labute approximate surface area is 97.8 Å². The Morgan fingerprint density at radius 3 is 2.69 bits per heavy atom. The normalized spacial score (nSPS) is 24.5. The molecule has 0 aliphatic carbocycles. The van der Waals surface area contributed by atoms with Crippen molar-refractivity contribution in [2.75, 3.05) is 18.1 Å². The molecule has 0 aromatic rings. The van der Waals surface area contributed by atoms with E-state index in [0.717, 1.165) is 12.3 Å². The third-order valence-electron chi connectivity index (χ3n) is 2.28. The van der Waals surface area contributed by atoms with E-state index >= 15 is 0 Å². The van der Waals surface area contributed by atoms with E-state index in [4.69, 9.17) is 5.11 Å². The molecule has 0 aromatic heterocycles. The Hall–Kier alpha value is -0.790. The van der Waals surface area contributed by atoms with Gasteiger partial charge in [-0.3, -0.25) is 4.79 Å². The first-order chi connectivity index (χ1) is 7.52. The number of carboxylic acid groups (broad SMARTS) is 1. The van der Waals surface area contributed by atoms with Gasteiger partial charge in [-0.15, -0.1) is 0 Å². The number of carbonyl (C=O) groups excluding carboxylic acids is 1. The molecule has 0 bridgehead atoms. The second kappa shape index (κ2) is 6.07. The zero-order valence-corrected chi connectivity index (χ0v) is 9.79. The van der Waals surface area contributed by atoms with Gasteiger partial charge in [-0.05, 0) is 6.92 Å². The molecule has 1 rings (SSSR count). The zero-order valence-electron chi connectivity index (χ0n) is 8.97. The number of amides is 1. The summed E-state index contributed by atoms with van der Waals surface area (Å²) in [5.41, 5.74) is 0. The zero-order chi connectivity index (χ0) is 12.1. The predicted molar refractivity (Wildman–Crippen MR) is 60.4 cm³/mol. The summed E-state index contributed by atoms with van der Waals surface area (Å²) >= 11 is 1.64. The fraction of sp³-hybridized carbons (Fsp3) is 0.778. The highest BCUT2D eigenvalue weighted by Gasteiger charge is 2.29. The number of carbonyl (C=O) groups is 2. The molecule has 92 valence electrons. The molecular weight excluding hydrogens is 232 g/mol. The highest BCUT2D eigenvalue weighted by Crippen LogP contribution is 2.08. The van der Waals surface area contributed by atoms with Crippen LogP contribution in [0.2, 0.25) is 0 Å². The van der Waals surface area contributed by atoms with Crippen molar-refractivity contribution in [3.8, 4) is 0 Å². The number of aliphatic hydroxyl groups is 1. The summed E-state index contributed by atoms with van der Waals surface area (Å²) in [6.45, 7) is 2.07. The molecule has 0 radical (unpaired) electrons. The molecule has 0 saturated carbocycles. The number of carboxylic acids is 1. The van der Waals surface area contributed by atoms with E-state index in [0.29, 0.717) is 5.75 Å². The predicted octanol–water partition coefficient (Wildman–Crippen LogP) is -1.36. The highest BCUT2D eigenvalue weighted by molar-refractivity contribution is 7.99. The number of hydrogen-bond acceptors (Lipinski definition) is 5. The Balaban J connectivity index is 2.50. The number of aliphatic hydroxyl groups excluding tert-OH is 1. The fourth-order valence-corrected chi connectivity index (χ4v) is 2.31. The minimum absolute atomic E-state index is 0.375. The molecule has 1 saturated heterocycles. The molecule has 1 fully saturated rings. The average Bonchev–Trinajstić information content (AvgIpc) is 2.25. The van der Waals surface area contributed by atoms with Crippen molar-refractivity contribution >= 4 is 23.6 Å². The summed E-state index contributed by atoms with van der Waals surface area (Å²) in [6, 6.07) is -1.62. The first kappa shape index (κ1) is 13.3. The van der Waals surface area contributed by atoms with Gasteiger partial charge in [0.1, 0.15) is 0 Å². The second-order valence-corrected chi connectivity index (χ2v) is 4.80. The molecule has 7 heteroatoms. The number of nitrogens with one attached hydrogen (secondary N) is 2. The molecule has 1 aliphatic rings. The first-order valence-corrected chi connectivity index (χ1v) is 6.20. The lowest BCUT2D eigenvalue weighted by Gasteiger charge is -2.25. The lowest BCUT2D eigenvalue weighted by molar-refractivity contribution is -0.145. The molecule has 1 amide bonds. The van der Waals surface area contributed by atoms with E-state index in [-0.39, 0.29) is 11.9 Å². The van der Waals surface area contributed by atoms with Gasteiger partial charge in [0.15, 0.2) is 6.04 Å². The molecule has 16 heavy (non-hydrogen) atoms. The van der Waals surface area contributed by atoms with E-state index in [1.165, 1.54) is 6.92 Å². The van der Waals surface area contributed by atoms with Crippen molar-refractivity contribution in [1.82, 2.24) is 10.6 Å². The summed E-state index contributed by atoms with van der Waals surface area (Å²) in [6.07, 6.45) is -1.11. The van der Waals surface area contributed by atoms with Crippen LogP contribution < -0.4 is 10.6 Å². The van der Waals surface area contributed by atoms with Crippen LogP contribution in [0.1, 0.15) is 6.92 Å². The SMILES string of the molecule is CC(O)C(NC(=O)C1CSCCN1)C(=O)O. The maximum atomic E-state index is 11.7. The molecular formula is C9H16N2O4S. The van der Waals surface area contributed by atoms with Crippen molar-refractivity contribution in [2.45, 2.75) is 25.1 Å². The van der Waals surface area contributed by atoms with Crippen molar-refractivity contribution in [3.63, 3.8) is 0 Å². The summed E-state index contributed by atoms with van der Waals surface area (Å²) in [4.78, 5) is 22.4. The molecule has 0 spiro atoms. The van der Waals surface area contributed by atoms with Crippen molar-refractivity contribution < 1.29 is 19.8 Å². The minimum Gasteiger partial charge on any atom is -0.480 e.